The molecule has 1 aromatic rings. The predicted molar refractivity (Wildman–Crippen MR) is 61.1 cm³/mol. The van der Waals surface area contributed by atoms with Crippen LogP contribution in [-0.4, -0.2) is 28.1 Å². The van der Waals surface area contributed by atoms with Crippen LogP contribution in [0.3, 0.4) is 0 Å². The molecule has 0 aliphatic heterocycles. The lowest BCUT2D eigenvalue weighted by Gasteiger charge is -2.13. The normalized spacial score (nSPS) is 15.1. The highest BCUT2D eigenvalue weighted by atomic mass is 19.4. The van der Waals surface area contributed by atoms with Gasteiger partial charge in [0.2, 0.25) is 0 Å². The van der Waals surface area contributed by atoms with Crippen LogP contribution in [0.5, 0.6) is 0 Å². The van der Waals surface area contributed by atoms with Crippen LogP contribution >= 0.6 is 0 Å². The monoisotopic (exact) mass is 290 g/mol. The Balaban J connectivity index is 2.44. The number of fused-ring (bicyclic) bond motifs is 1. The fourth-order valence-corrected chi connectivity index (χ4v) is 2.26. The molecule has 0 saturated heterocycles. The van der Waals surface area contributed by atoms with Gasteiger partial charge in [-0.05, 0) is 19.8 Å². The van der Waals surface area contributed by atoms with E-state index >= 15 is 0 Å². The number of ketones is 1. The van der Waals surface area contributed by atoms with Crippen LogP contribution in [-0.2, 0) is 28.7 Å². The van der Waals surface area contributed by atoms with Gasteiger partial charge >= 0.3 is 12.1 Å². The second kappa shape index (κ2) is 5.26. The smallest absolute Gasteiger partial charge is 0.435 e. The van der Waals surface area contributed by atoms with Crippen molar-refractivity contribution in [1.82, 2.24) is 9.78 Å². The molecule has 5 nitrogen and oxygen atoms in total. The van der Waals surface area contributed by atoms with Gasteiger partial charge in [-0.25, -0.2) is 4.68 Å². The second-order valence-corrected chi connectivity index (χ2v) is 4.41. The van der Waals surface area contributed by atoms with Gasteiger partial charge in [0.1, 0.15) is 12.2 Å². The van der Waals surface area contributed by atoms with E-state index in [1.165, 1.54) is 0 Å². The largest absolute Gasteiger partial charge is 0.465 e. The van der Waals surface area contributed by atoms with Crippen molar-refractivity contribution in [2.45, 2.75) is 38.9 Å². The van der Waals surface area contributed by atoms with Gasteiger partial charge in [0.15, 0.2) is 11.5 Å². The number of carbonyl (C=O) groups excluding carboxylic acids is 2. The number of rotatable bonds is 3. The summed E-state index contributed by atoms with van der Waals surface area (Å²) in [6.45, 7) is 1.21. The summed E-state index contributed by atoms with van der Waals surface area (Å²) in [4.78, 5) is 23.2. The summed E-state index contributed by atoms with van der Waals surface area (Å²) in [5.74, 6) is -1.14. The Bertz CT molecular complexity index is 549. The number of nitrogens with zero attached hydrogens (tertiary/aromatic N) is 2. The lowest BCUT2D eigenvalue weighted by atomic mass is 9.94. The van der Waals surface area contributed by atoms with E-state index in [-0.39, 0.29) is 30.7 Å². The van der Waals surface area contributed by atoms with E-state index in [0.717, 1.165) is 4.68 Å². The maximum atomic E-state index is 12.9. The molecular formula is C12H13F3N2O3. The van der Waals surface area contributed by atoms with Crippen molar-refractivity contribution < 1.29 is 27.5 Å². The molecular weight excluding hydrogens is 277 g/mol. The standard InChI is InChI=1S/C12H13F3N2O3/c1-2-20-9(19)6-17-10-7(4-3-5-8(10)18)11(16-17)12(13,14)15/h2-6H2,1H3. The van der Waals surface area contributed by atoms with Crippen LogP contribution < -0.4 is 0 Å². The molecule has 1 aliphatic carbocycles. The molecule has 0 amide bonds. The first kappa shape index (κ1) is 14.5. The SMILES string of the molecule is CCOC(=O)Cn1nc(C(F)(F)F)c2c1C(=O)CCC2. The number of aromatic nitrogens is 2. The minimum Gasteiger partial charge on any atom is -0.465 e. The molecule has 2 rings (SSSR count). The van der Waals surface area contributed by atoms with Crippen molar-refractivity contribution in [3.8, 4) is 0 Å². The molecule has 0 radical (unpaired) electrons. The molecule has 0 saturated carbocycles. The second-order valence-electron chi connectivity index (χ2n) is 4.41. The maximum absolute atomic E-state index is 12.9. The molecule has 0 spiro atoms. The van der Waals surface area contributed by atoms with Crippen molar-refractivity contribution in [2.75, 3.05) is 6.61 Å². The van der Waals surface area contributed by atoms with E-state index < -0.39 is 30.2 Å². The molecule has 1 heterocycles. The van der Waals surface area contributed by atoms with E-state index in [4.69, 9.17) is 0 Å². The quantitative estimate of drug-likeness (QED) is 0.799. The third-order valence-electron chi connectivity index (χ3n) is 3.00. The minimum atomic E-state index is -4.64. The highest BCUT2D eigenvalue weighted by Gasteiger charge is 2.41. The van der Waals surface area contributed by atoms with Crippen LogP contribution in [0.2, 0.25) is 0 Å². The Morgan fingerprint density at radius 3 is 2.70 bits per heavy atom. The van der Waals surface area contributed by atoms with Crippen molar-refractivity contribution in [2.24, 2.45) is 0 Å². The minimum absolute atomic E-state index is 0.113. The first-order chi connectivity index (χ1) is 9.34. The van der Waals surface area contributed by atoms with Crippen LogP contribution in [0.15, 0.2) is 0 Å². The highest BCUT2D eigenvalue weighted by Crippen LogP contribution is 2.35. The molecule has 0 bridgehead atoms. The number of ether oxygens (including phenoxy) is 1. The molecule has 1 aromatic heterocycles. The van der Waals surface area contributed by atoms with E-state index in [1.807, 2.05) is 0 Å². The first-order valence-corrected chi connectivity index (χ1v) is 6.20. The lowest BCUT2D eigenvalue weighted by Crippen LogP contribution is -2.21. The van der Waals surface area contributed by atoms with E-state index in [9.17, 15) is 22.8 Å². The van der Waals surface area contributed by atoms with Gasteiger partial charge in [-0.3, -0.25) is 9.59 Å². The Kier molecular flexibility index (Phi) is 3.82. The number of esters is 1. The Morgan fingerprint density at radius 1 is 1.40 bits per heavy atom. The summed E-state index contributed by atoms with van der Waals surface area (Å²) >= 11 is 0. The number of Topliss-reactive ketones (excluding diaryl/α,β-unsaturated/α-hetero) is 1. The van der Waals surface area contributed by atoms with Crippen LogP contribution in [0.1, 0.15) is 41.5 Å². The van der Waals surface area contributed by atoms with Crippen molar-refractivity contribution in [1.29, 1.82) is 0 Å². The lowest BCUT2D eigenvalue weighted by molar-refractivity contribution is -0.146. The van der Waals surface area contributed by atoms with Crippen LogP contribution in [0.4, 0.5) is 13.2 Å². The molecule has 1 aliphatic rings. The topological polar surface area (TPSA) is 61.2 Å². The number of hydrogen-bond acceptors (Lipinski definition) is 4. The van der Waals surface area contributed by atoms with Gasteiger partial charge in [-0.2, -0.15) is 18.3 Å². The molecule has 0 fully saturated rings. The Morgan fingerprint density at radius 2 is 2.10 bits per heavy atom. The van der Waals surface area contributed by atoms with Gasteiger partial charge in [0.25, 0.3) is 0 Å². The van der Waals surface area contributed by atoms with Crippen LogP contribution in [0.25, 0.3) is 0 Å². The Labute approximate surface area is 112 Å². The molecule has 0 aromatic carbocycles. The molecule has 0 atom stereocenters. The van der Waals surface area contributed by atoms with Crippen molar-refractivity contribution >= 4 is 11.8 Å². The third-order valence-corrected chi connectivity index (χ3v) is 3.00. The molecule has 8 heteroatoms. The summed E-state index contributed by atoms with van der Waals surface area (Å²) in [5, 5.41) is 3.41. The fourth-order valence-electron chi connectivity index (χ4n) is 2.26. The van der Waals surface area contributed by atoms with Crippen LogP contribution in [0, 0.1) is 0 Å². The third kappa shape index (κ3) is 2.68. The molecule has 0 unspecified atom stereocenters. The van der Waals surface area contributed by atoms with Gasteiger partial charge in [-0.1, -0.05) is 0 Å². The van der Waals surface area contributed by atoms with E-state index in [0.29, 0.717) is 6.42 Å². The van der Waals surface area contributed by atoms with Crippen molar-refractivity contribution in [3.05, 3.63) is 17.0 Å². The first-order valence-electron chi connectivity index (χ1n) is 6.20. The number of carbonyl (C=O) groups is 2. The van der Waals surface area contributed by atoms with Gasteiger partial charge in [0, 0.05) is 12.0 Å². The zero-order chi connectivity index (χ0) is 14.9. The number of hydrogen-bond donors (Lipinski definition) is 0. The molecule has 0 N–H and O–H groups in total. The summed E-state index contributed by atoms with van der Waals surface area (Å²) in [6, 6.07) is 0. The fraction of sp³-hybridized carbons (Fsp3) is 0.583. The van der Waals surface area contributed by atoms with E-state index in [2.05, 4.69) is 9.84 Å². The molecule has 110 valence electrons. The van der Waals surface area contributed by atoms with Crippen molar-refractivity contribution in [3.63, 3.8) is 0 Å². The summed E-state index contributed by atoms with van der Waals surface area (Å²) in [6.07, 6.45) is -3.97. The van der Waals surface area contributed by atoms with E-state index in [1.54, 1.807) is 6.92 Å². The predicted octanol–water partition coefficient (Wildman–Crippen LogP) is 1.98. The zero-order valence-electron chi connectivity index (χ0n) is 10.8. The maximum Gasteiger partial charge on any atom is 0.435 e. The summed E-state index contributed by atoms with van der Waals surface area (Å²) < 4.78 is 44.2. The average Bonchev–Trinajstić information content (AvgIpc) is 2.69. The molecule has 20 heavy (non-hydrogen) atoms. The zero-order valence-corrected chi connectivity index (χ0v) is 10.8. The Hall–Kier alpha value is -1.86. The summed E-state index contributed by atoms with van der Waals surface area (Å²) in [5.41, 5.74) is -1.31. The number of halogens is 3. The highest BCUT2D eigenvalue weighted by molar-refractivity contribution is 5.97. The summed E-state index contributed by atoms with van der Waals surface area (Å²) in [7, 11) is 0. The van der Waals surface area contributed by atoms with Gasteiger partial charge < -0.3 is 4.74 Å². The number of alkyl halides is 3. The van der Waals surface area contributed by atoms with Gasteiger partial charge in [0.05, 0.1) is 6.61 Å². The van der Waals surface area contributed by atoms with Gasteiger partial charge in [-0.15, -0.1) is 0 Å². The average molecular weight is 290 g/mol.